The van der Waals surface area contributed by atoms with Crippen LogP contribution in [0.15, 0.2) is 24.3 Å². The van der Waals surface area contributed by atoms with Gasteiger partial charge in [0.25, 0.3) is 0 Å². The van der Waals surface area contributed by atoms with E-state index >= 15 is 0 Å². The first-order valence-electron chi connectivity index (χ1n) is 7.71. The van der Waals surface area contributed by atoms with Gasteiger partial charge in [-0.05, 0) is 24.5 Å². The molecule has 0 bridgehead atoms. The van der Waals surface area contributed by atoms with Gasteiger partial charge in [0.05, 0.1) is 6.61 Å². The minimum atomic E-state index is -0.975. The van der Waals surface area contributed by atoms with Crippen molar-refractivity contribution in [2.75, 3.05) is 19.8 Å². The number of unbranched alkanes of at least 4 members (excludes halogenated alkanes) is 1. The van der Waals surface area contributed by atoms with Crippen LogP contribution in [0.4, 0.5) is 0 Å². The summed E-state index contributed by atoms with van der Waals surface area (Å²) in [5.74, 6) is 0.0278. The highest BCUT2D eigenvalue weighted by molar-refractivity contribution is 5.90. The van der Waals surface area contributed by atoms with Crippen molar-refractivity contribution in [3.8, 4) is 5.75 Å². The summed E-state index contributed by atoms with van der Waals surface area (Å²) < 4.78 is 11.1. The third-order valence-corrected chi connectivity index (χ3v) is 3.50. The molecular formula is C17H26O4. The number of rotatable bonds is 11. The molecule has 4 heteroatoms. The smallest absolute Gasteiger partial charge is 0.339 e. The molecule has 0 spiro atoms. The highest BCUT2D eigenvalue weighted by Crippen LogP contribution is 2.17. The van der Waals surface area contributed by atoms with Gasteiger partial charge in [-0.25, -0.2) is 4.79 Å². The fraction of sp³-hybridized carbons (Fsp3) is 0.588. The van der Waals surface area contributed by atoms with Crippen LogP contribution in [0.3, 0.4) is 0 Å². The lowest BCUT2D eigenvalue weighted by Crippen LogP contribution is -2.14. The summed E-state index contributed by atoms with van der Waals surface area (Å²) in [4.78, 5) is 11.0. The number of carboxylic acid groups (broad SMARTS) is 1. The standard InChI is InChI=1S/C17H26O4/c1-3-5-8-14(4-2)13-20-11-12-21-16-10-7-6-9-15(16)17(18)19/h6-7,9-10,14H,3-5,8,11-13H2,1-2H3,(H,18,19). The van der Waals surface area contributed by atoms with Crippen molar-refractivity contribution in [2.24, 2.45) is 5.92 Å². The van der Waals surface area contributed by atoms with E-state index in [0.717, 1.165) is 13.0 Å². The molecule has 0 heterocycles. The number of carboxylic acids is 1. The Hall–Kier alpha value is -1.55. The Kier molecular flexibility index (Phi) is 8.51. The monoisotopic (exact) mass is 294 g/mol. The topological polar surface area (TPSA) is 55.8 Å². The van der Waals surface area contributed by atoms with E-state index in [-0.39, 0.29) is 5.56 Å². The average Bonchev–Trinajstić information content (AvgIpc) is 2.50. The van der Waals surface area contributed by atoms with E-state index in [2.05, 4.69) is 13.8 Å². The number of aromatic carboxylic acids is 1. The molecule has 0 aromatic heterocycles. The predicted octanol–water partition coefficient (Wildman–Crippen LogP) is 4.00. The molecule has 0 fully saturated rings. The van der Waals surface area contributed by atoms with Gasteiger partial charge in [-0.3, -0.25) is 0 Å². The lowest BCUT2D eigenvalue weighted by atomic mass is 10.0. The molecule has 1 aromatic rings. The Morgan fingerprint density at radius 1 is 1.24 bits per heavy atom. The van der Waals surface area contributed by atoms with Crippen molar-refractivity contribution in [2.45, 2.75) is 39.5 Å². The maximum atomic E-state index is 11.0. The van der Waals surface area contributed by atoms with Crippen LogP contribution in [-0.4, -0.2) is 30.9 Å². The first-order chi connectivity index (χ1) is 10.2. The maximum Gasteiger partial charge on any atom is 0.339 e. The fourth-order valence-electron chi connectivity index (χ4n) is 2.13. The number of benzene rings is 1. The lowest BCUT2D eigenvalue weighted by molar-refractivity contribution is 0.0651. The van der Waals surface area contributed by atoms with Crippen molar-refractivity contribution in [3.05, 3.63) is 29.8 Å². The minimum absolute atomic E-state index is 0.187. The Bertz CT molecular complexity index is 417. The molecule has 1 rings (SSSR count). The van der Waals surface area contributed by atoms with E-state index in [1.54, 1.807) is 18.2 Å². The van der Waals surface area contributed by atoms with Crippen LogP contribution in [0.2, 0.25) is 0 Å². The highest BCUT2D eigenvalue weighted by Gasteiger charge is 2.10. The molecule has 118 valence electrons. The third-order valence-electron chi connectivity index (χ3n) is 3.50. The zero-order valence-corrected chi connectivity index (χ0v) is 13.0. The number of ether oxygens (including phenoxy) is 2. The Balaban J connectivity index is 2.26. The molecule has 0 saturated heterocycles. The van der Waals surface area contributed by atoms with Gasteiger partial charge in [-0.1, -0.05) is 45.2 Å². The molecule has 0 aliphatic rings. The van der Waals surface area contributed by atoms with Gasteiger partial charge in [0.15, 0.2) is 0 Å². The van der Waals surface area contributed by atoms with Crippen LogP contribution in [0.5, 0.6) is 5.75 Å². The number of hydrogen-bond acceptors (Lipinski definition) is 3. The molecule has 21 heavy (non-hydrogen) atoms. The molecule has 0 saturated carbocycles. The highest BCUT2D eigenvalue weighted by atomic mass is 16.5. The second-order valence-electron chi connectivity index (χ2n) is 5.14. The minimum Gasteiger partial charge on any atom is -0.490 e. The first kappa shape index (κ1) is 17.5. The Morgan fingerprint density at radius 3 is 2.67 bits per heavy atom. The van der Waals surface area contributed by atoms with E-state index in [0.29, 0.717) is 24.9 Å². The number of para-hydroxylation sites is 1. The second-order valence-corrected chi connectivity index (χ2v) is 5.14. The van der Waals surface area contributed by atoms with E-state index in [1.807, 2.05) is 0 Å². The molecule has 1 aromatic carbocycles. The van der Waals surface area contributed by atoms with Crippen LogP contribution in [0, 0.1) is 5.92 Å². The Morgan fingerprint density at radius 2 is 2.00 bits per heavy atom. The molecule has 0 aliphatic heterocycles. The summed E-state index contributed by atoms with van der Waals surface area (Å²) in [5, 5.41) is 9.04. The molecule has 0 aliphatic carbocycles. The van der Waals surface area contributed by atoms with Crippen molar-refractivity contribution in [1.82, 2.24) is 0 Å². The number of carbonyl (C=O) groups is 1. The Labute approximate surface area is 127 Å². The largest absolute Gasteiger partial charge is 0.490 e. The van der Waals surface area contributed by atoms with Gasteiger partial charge < -0.3 is 14.6 Å². The van der Waals surface area contributed by atoms with Crippen molar-refractivity contribution < 1.29 is 19.4 Å². The van der Waals surface area contributed by atoms with E-state index in [1.165, 1.54) is 25.3 Å². The van der Waals surface area contributed by atoms with Crippen molar-refractivity contribution >= 4 is 5.97 Å². The van der Waals surface area contributed by atoms with Crippen LogP contribution in [0.25, 0.3) is 0 Å². The molecule has 1 atom stereocenters. The summed E-state index contributed by atoms with van der Waals surface area (Å²) >= 11 is 0. The molecule has 1 unspecified atom stereocenters. The molecular weight excluding hydrogens is 268 g/mol. The summed E-state index contributed by atoms with van der Waals surface area (Å²) in [6, 6.07) is 6.66. The number of hydrogen-bond donors (Lipinski definition) is 1. The molecule has 1 N–H and O–H groups in total. The van der Waals surface area contributed by atoms with Crippen molar-refractivity contribution in [3.63, 3.8) is 0 Å². The van der Waals surface area contributed by atoms with Crippen molar-refractivity contribution in [1.29, 1.82) is 0 Å². The quantitative estimate of drug-likeness (QED) is 0.627. The SMILES string of the molecule is CCCCC(CC)COCCOc1ccccc1C(=O)O. The molecule has 4 nitrogen and oxygen atoms in total. The molecule has 0 radical (unpaired) electrons. The van der Waals surface area contributed by atoms with Gasteiger partial charge in [0.1, 0.15) is 17.9 Å². The van der Waals surface area contributed by atoms with E-state index in [4.69, 9.17) is 14.6 Å². The summed E-state index contributed by atoms with van der Waals surface area (Å²) in [6.07, 6.45) is 4.79. The summed E-state index contributed by atoms with van der Waals surface area (Å²) in [6.45, 7) is 5.98. The average molecular weight is 294 g/mol. The third kappa shape index (κ3) is 6.63. The summed E-state index contributed by atoms with van der Waals surface area (Å²) in [7, 11) is 0. The van der Waals surface area contributed by atoms with Crippen LogP contribution < -0.4 is 4.74 Å². The van der Waals surface area contributed by atoms with E-state index < -0.39 is 5.97 Å². The van der Waals surface area contributed by atoms with Crippen LogP contribution in [-0.2, 0) is 4.74 Å². The van der Waals surface area contributed by atoms with Gasteiger partial charge in [-0.15, -0.1) is 0 Å². The maximum absolute atomic E-state index is 11.0. The normalized spacial score (nSPS) is 12.1. The van der Waals surface area contributed by atoms with Crippen LogP contribution >= 0.6 is 0 Å². The second kappa shape index (κ2) is 10.2. The van der Waals surface area contributed by atoms with Gasteiger partial charge in [0, 0.05) is 6.61 Å². The summed E-state index contributed by atoms with van der Waals surface area (Å²) in [5.41, 5.74) is 0.187. The molecule has 0 amide bonds. The van der Waals surface area contributed by atoms with Gasteiger partial charge >= 0.3 is 5.97 Å². The van der Waals surface area contributed by atoms with Gasteiger partial charge in [-0.2, -0.15) is 0 Å². The lowest BCUT2D eigenvalue weighted by Gasteiger charge is -2.15. The first-order valence-corrected chi connectivity index (χ1v) is 7.71. The zero-order valence-electron chi connectivity index (χ0n) is 13.0. The van der Waals surface area contributed by atoms with Crippen LogP contribution in [0.1, 0.15) is 49.9 Å². The predicted molar refractivity (Wildman–Crippen MR) is 83.0 cm³/mol. The fourth-order valence-corrected chi connectivity index (χ4v) is 2.13. The van der Waals surface area contributed by atoms with Gasteiger partial charge in [0.2, 0.25) is 0 Å². The van der Waals surface area contributed by atoms with E-state index in [9.17, 15) is 4.79 Å². The zero-order chi connectivity index (χ0) is 15.5.